The second-order valence-corrected chi connectivity index (χ2v) is 6.42. The van der Waals surface area contributed by atoms with Gasteiger partial charge in [0.15, 0.2) is 5.69 Å². The first-order valence-electron chi connectivity index (χ1n) is 8.61. The fraction of sp³-hybridized carbons (Fsp3) is 0.500. The maximum absolute atomic E-state index is 12.8. The van der Waals surface area contributed by atoms with E-state index in [1.807, 2.05) is 35.9 Å². The predicted octanol–water partition coefficient (Wildman–Crippen LogP) is 2.21. The van der Waals surface area contributed by atoms with Crippen LogP contribution in [0.3, 0.4) is 0 Å². The first-order chi connectivity index (χ1) is 12.1. The number of piperidine rings is 1. The molecule has 1 saturated heterocycles. The van der Waals surface area contributed by atoms with Crippen molar-refractivity contribution < 1.29 is 9.53 Å². The number of rotatable bonds is 5. The van der Waals surface area contributed by atoms with Gasteiger partial charge in [0, 0.05) is 19.2 Å². The molecule has 1 aliphatic rings. The second kappa shape index (κ2) is 9.00. The Hall–Kier alpha value is -2.12. The van der Waals surface area contributed by atoms with Crippen LogP contribution in [0.25, 0.3) is 0 Å². The molecule has 1 fully saturated rings. The molecule has 0 aliphatic carbocycles. The lowest BCUT2D eigenvalue weighted by atomic mass is 10.1. The quantitative estimate of drug-likeness (QED) is 0.862. The lowest BCUT2D eigenvalue weighted by Gasteiger charge is -2.23. The Kier molecular flexibility index (Phi) is 6.99. The van der Waals surface area contributed by atoms with Gasteiger partial charge < -0.3 is 15.0 Å². The number of aromatic nitrogens is 3. The van der Waals surface area contributed by atoms with E-state index in [9.17, 15) is 4.79 Å². The molecule has 1 amide bonds. The Morgan fingerprint density at radius 1 is 1.35 bits per heavy atom. The Bertz CT molecular complexity index is 743. The fourth-order valence-corrected chi connectivity index (χ4v) is 3.28. The van der Waals surface area contributed by atoms with Crippen LogP contribution in [0.1, 0.15) is 40.6 Å². The van der Waals surface area contributed by atoms with E-state index in [1.54, 1.807) is 19.1 Å². The summed E-state index contributed by atoms with van der Waals surface area (Å²) < 4.78 is 7.27. The molecule has 7 nitrogen and oxygen atoms in total. The van der Waals surface area contributed by atoms with Gasteiger partial charge in [0.1, 0.15) is 5.75 Å². The zero-order valence-corrected chi connectivity index (χ0v) is 16.3. The van der Waals surface area contributed by atoms with Crippen molar-refractivity contribution in [1.82, 2.24) is 25.2 Å². The number of ether oxygens (including phenoxy) is 1. The van der Waals surface area contributed by atoms with Crippen LogP contribution in [-0.4, -0.2) is 53.0 Å². The van der Waals surface area contributed by atoms with Crippen molar-refractivity contribution in [3.05, 3.63) is 41.2 Å². The third kappa shape index (κ3) is 4.16. The van der Waals surface area contributed by atoms with Gasteiger partial charge in [0.25, 0.3) is 5.91 Å². The summed E-state index contributed by atoms with van der Waals surface area (Å²) >= 11 is 0. The molecule has 142 valence electrons. The van der Waals surface area contributed by atoms with Gasteiger partial charge in [-0.25, -0.2) is 4.68 Å². The Labute approximate surface area is 160 Å². The standard InChI is InChI=1S/C18H25N5O2.ClH/c1-13-17(20-21-23(13)15-8-10-19-11-9-15)18(24)22(2)12-14-6-4-5-7-16(14)25-3;/h4-7,15,19H,8-12H2,1-3H3;1H. The number of benzene rings is 1. The van der Waals surface area contributed by atoms with Gasteiger partial charge in [0.05, 0.1) is 18.8 Å². The maximum atomic E-state index is 12.8. The highest BCUT2D eigenvalue weighted by Crippen LogP contribution is 2.22. The Morgan fingerprint density at radius 2 is 2.04 bits per heavy atom. The van der Waals surface area contributed by atoms with Gasteiger partial charge in [-0.15, -0.1) is 17.5 Å². The molecule has 0 bridgehead atoms. The van der Waals surface area contributed by atoms with E-state index in [0.29, 0.717) is 18.3 Å². The van der Waals surface area contributed by atoms with Crippen LogP contribution in [0.15, 0.2) is 24.3 Å². The average Bonchev–Trinajstić information content (AvgIpc) is 3.03. The van der Waals surface area contributed by atoms with E-state index in [1.165, 1.54) is 0 Å². The molecule has 0 spiro atoms. The summed E-state index contributed by atoms with van der Waals surface area (Å²) in [6, 6.07) is 8.02. The van der Waals surface area contributed by atoms with Gasteiger partial charge in [-0.2, -0.15) is 0 Å². The van der Waals surface area contributed by atoms with Crippen LogP contribution >= 0.6 is 12.4 Å². The minimum atomic E-state index is -0.122. The number of hydrogen-bond donors (Lipinski definition) is 1. The van der Waals surface area contributed by atoms with E-state index in [0.717, 1.165) is 42.9 Å². The molecule has 8 heteroatoms. The van der Waals surface area contributed by atoms with Crippen LogP contribution < -0.4 is 10.1 Å². The van der Waals surface area contributed by atoms with Crippen molar-refractivity contribution in [1.29, 1.82) is 0 Å². The predicted molar refractivity (Wildman–Crippen MR) is 102 cm³/mol. The fourth-order valence-electron chi connectivity index (χ4n) is 3.28. The summed E-state index contributed by atoms with van der Waals surface area (Å²) in [6.45, 7) is 4.33. The molecular formula is C18H26ClN5O2. The highest BCUT2D eigenvalue weighted by atomic mass is 35.5. The molecule has 0 unspecified atom stereocenters. The van der Waals surface area contributed by atoms with Crippen molar-refractivity contribution in [3.63, 3.8) is 0 Å². The molecule has 0 saturated carbocycles. The Balaban J connectivity index is 0.00000243. The lowest BCUT2D eigenvalue weighted by Crippen LogP contribution is -2.30. The van der Waals surface area contributed by atoms with Gasteiger partial charge in [-0.1, -0.05) is 23.4 Å². The van der Waals surface area contributed by atoms with Crippen molar-refractivity contribution in [2.75, 3.05) is 27.2 Å². The minimum absolute atomic E-state index is 0. The molecule has 1 aromatic carbocycles. The second-order valence-electron chi connectivity index (χ2n) is 6.42. The van der Waals surface area contributed by atoms with Gasteiger partial charge in [-0.3, -0.25) is 4.79 Å². The Morgan fingerprint density at radius 3 is 2.73 bits per heavy atom. The molecule has 1 aliphatic heterocycles. The summed E-state index contributed by atoms with van der Waals surface area (Å²) in [6.07, 6.45) is 2.02. The van der Waals surface area contributed by atoms with E-state index >= 15 is 0 Å². The van der Waals surface area contributed by atoms with E-state index < -0.39 is 0 Å². The number of methoxy groups -OCH3 is 1. The van der Waals surface area contributed by atoms with Crippen LogP contribution in [0.5, 0.6) is 5.75 Å². The molecule has 1 aromatic heterocycles. The first kappa shape index (κ1) is 20.2. The largest absolute Gasteiger partial charge is 0.496 e. The third-order valence-corrected chi connectivity index (χ3v) is 4.73. The number of carbonyl (C=O) groups is 1. The van der Waals surface area contributed by atoms with Crippen molar-refractivity contribution in [3.8, 4) is 5.75 Å². The van der Waals surface area contributed by atoms with Gasteiger partial charge in [-0.05, 0) is 38.9 Å². The molecule has 3 rings (SSSR count). The summed E-state index contributed by atoms with van der Waals surface area (Å²) in [5.74, 6) is 0.654. The highest BCUT2D eigenvalue weighted by molar-refractivity contribution is 5.93. The molecule has 2 heterocycles. The number of halogens is 1. The zero-order chi connectivity index (χ0) is 17.8. The average molecular weight is 380 g/mol. The highest BCUT2D eigenvalue weighted by Gasteiger charge is 2.25. The monoisotopic (exact) mass is 379 g/mol. The SMILES string of the molecule is COc1ccccc1CN(C)C(=O)c1nnn(C2CCNCC2)c1C.Cl. The van der Waals surface area contributed by atoms with Crippen molar-refractivity contribution >= 4 is 18.3 Å². The van der Waals surface area contributed by atoms with Crippen LogP contribution in [0.2, 0.25) is 0 Å². The zero-order valence-electron chi connectivity index (χ0n) is 15.4. The first-order valence-corrected chi connectivity index (χ1v) is 8.61. The molecule has 0 atom stereocenters. The van der Waals surface area contributed by atoms with E-state index in [4.69, 9.17) is 4.74 Å². The summed E-state index contributed by atoms with van der Waals surface area (Å²) in [4.78, 5) is 14.5. The summed E-state index contributed by atoms with van der Waals surface area (Å²) in [7, 11) is 3.41. The van der Waals surface area contributed by atoms with Crippen LogP contribution in [0.4, 0.5) is 0 Å². The van der Waals surface area contributed by atoms with Crippen LogP contribution in [-0.2, 0) is 6.54 Å². The summed E-state index contributed by atoms with van der Waals surface area (Å²) in [5, 5.41) is 11.8. The number of nitrogens with zero attached hydrogens (tertiary/aromatic N) is 4. The molecular weight excluding hydrogens is 354 g/mol. The summed E-state index contributed by atoms with van der Waals surface area (Å²) in [5.41, 5.74) is 2.23. The number of amides is 1. The molecule has 1 N–H and O–H groups in total. The normalized spacial score (nSPS) is 14.6. The maximum Gasteiger partial charge on any atom is 0.276 e. The molecule has 2 aromatic rings. The lowest BCUT2D eigenvalue weighted by molar-refractivity contribution is 0.0777. The number of hydrogen-bond acceptors (Lipinski definition) is 5. The smallest absolute Gasteiger partial charge is 0.276 e. The van der Waals surface area contributed by atoms with E-state index in [-0.39, 0.29) is 18.3 Å². The number of nitrogens with one attached hydrogen (secondary N) is 1. The van der Waals surface area contributed by atoms with E-state index in [2.05, 4.69) is 15.6 Å². The minimum Gasteiger partial charge on any atom is -0.496 e. The van der Waals surface area contributed by atoms with Gasteiger partial charge in [0.2, 0.25) is 0 Å². The third-order valence-electron chi connectivity index (χ3n) is 4.73. The van der Waals surface area contributed by atoms with Gasteiger partial charge >= 0.3 is 0 Å². The topological polar surface area (TPSA) is 72.3 Å². The van der Waals surface area contributed by atoms with Crippen molar-refractivity contribution in [2.24, 2.45) is 0 Å². The van der Waals surface area contributed by atoms with Crippen molar-refractivity contribution in [2.45, 2.75) is 32.4 Å². The van der Waals surface area contributed by atoms with Crippen LogP contribution in [0, 0.1) is 6.92 Å². The number of para-hydroxylation sites is 1. The number of carbonyl (C=O) groups excluding carboxylic acids is 1. The molecule has 26 heavy (non-hydrogen) atoms. The molecule has 0 radical (unpaired) electrons.